The van der Waals surface area contributed by atoms with Gasteiger partial charge >= 0.3 is 11.9 Å². The lowest BCUT2D eigenvalue weighted by atomic mass is 9.63. The topological polar surface area (TPSA) is 269 Å². The summed E-state index contributed by atoms with van der Waals surface area (Å²) < 4.78 is 11.4. The second kappa shape index (κ2) is 12.2. The van der Waals surface area contributed by atoms with E-state index in [0.29, 0.717) is 0 Å². The maximum atomic E-state index is 14.4. The maximum absolute atomic E-state index is 14.4. The zero-order chi connectivity index (χ0) is 36.6. The van der Waals surface area contributed by atoms with Crippen LogP contribution in [-0.4, -0.2) is 107 Å². The maximum Gasteiger partial charge on any atom is 0.335 e. The molecule has 0 saturated carbocycles. The van der Waals surface area contributed by atoms with Gasteiger partial charge in [0.05, 0.1) is 40.0 Å². The highest BCUT2D eigenvalue weighted by molar-refractivity contribution is 6.18. The zero-order valence-electron chi connectivity index (χ0n) is 26.0. The number of carboxylic acid groups (broad SMARTS) is 2. The molecule has 262 valence electrons. The van der Waals surface area contributed by atoms with Crippen LogP contribution in [0.3, 0.4) is 0 Å². The molecule has 0 radical (unpaired) electrons. The Hall–Kier alpha value is -5.84. The van der Waals surface area contributed by atoms with Crippen molar-refractivity contribution in [1.82, 2.24) is 0 Å². The molecule has 0 unspecified atom stereocenters. The molecular formula is C36H28O15. The Bertz CT molecular complexity index is 2170. The number of phenolic OH excluding ortho intramolecular Hbond substituents is 3. The van der Waals surface area contributed by atoms with E-state index in [2.05, 4.69) is 0 Å². The second-order valence-electron chi connectivity index (χ2n) is 12.4. The van der Waals surface area contributed by atoms with Gasteiger partial charge in [-0.2, -0.15) is 0 Å². The van der Waals surface area contributed by atoms with Crippen molar-refractivity contribution in [2.45, 2.75) is 42.5 Å². The van der Waals surface area contributed by atoms with Crippen LogP contribution in [0.5, 0.6) is 23.0 Å². The van der Waals surface area contributed by atoms with Gasteiger partial charge in [0.25, 0.3) is 0 Å². The van der Waals surface area contributed by atoms with Crippen LogP contribution in [0.15, 0.2) is 60.7 Å². The van der Waals surface area contributed by atoms with Gasteiger partial charge in [0.1, 0.15) is 47.4 Å². The van der Waals surface area contributed by atoms with E-state index >= 15 is 0 Å². The van der Waals surface area contributed by atoms with E-state index in [9.17, 15) is 65.1 Å². The highest BCUT2D eigenvalue weighted by atomic mass is 16.7. The normalized spacial score (nSPS) is 24.9. The van der Waals surface area contributed by atoms with Crippen LogP contribution in [0, 0.1) is 0 Å². The van der Waals surface area contributed by atoms with Gasteiger partial charge in [-0.15, -0.1) is 0 Å². The minimum Gasteiger partial charge on any atom is -0.507 e. The summed E-state index contributed by atoms with van der Waals surface area (Å²) in [4.78, 5) is 52.6. The van der Waals surface area contributed by atoms with Crippen molar-refractivity contribution < 1.29 is 74.6 Å². The lowest BCUT2D eigenvalue weighted by Gasteiger charge is -2.41. The molecule has 4 aromatic carbocycles. The number of rotatable bonds is 6. The van der Waals surface area contributed by atoms with E-state index in [1.807, 2.05) is 0 Å². The average Bonchev–Trinajstić information content (AvgIpc) is 3.08. The molecule has 1 heterocycles. The first-order valence-corrected chi connectivity index (χ1v) is 15.5. The number of fused-ring (bicyclic) bond motifs is 4. The van der Waals surface area contributed by atoms with Crippen molar-refractivity contribution in [3.63, 3.8) is 0 Å². The van der Waals surface area contributed by atoms with Crippen molar-refractivity contribution in [2.75, 3.05) is 6.61 Å². The fourth-order valence-corrected chi connectivity index (χ4v) is 7.34. The quantitative estimate of drug-likeness (QED) is 0.138. The first-order valence-electron chi connectivity index (χ1n) is 15.5. The molecule has 2 aliphatic carbocycles. The monoisotopic (exact) mass is 700 g/mol. The lowest BCUT2D eigenvalue weighted by molar-refractivity contribution is -0.277. The molecule has 15 heteroatoms. The third kappa shape index (κ3) is 5.09. The molecule has 7 rings (SSSR count). The van der Waals surface area contributed by atoms with Crippen LogP contribution in [0.4, 0.5) is 0 Å². The number of aliphatic hydroxyl groups excluding tert-OH is 4. The van der Waals surface area contributed by atoms with Crippen molar-refractivity contribution in [3.8, 4) is 23.0 Å². The highest BCUT2D eigenvalue weighted by Crippen LogP contribution is 2.56. The number of ketones is 2. The van der Waals surface area contributed by atoms with Crippen molar-refractivity contribution >= 4 is 23.5 Å². The molecule has 0 aromatic heterocycles. The SMILES string of the molecule is O=C(O)c1cc(O)c2c(c1)[C@@H]([C@H]1c3cc(C(=O)O)cc(O)c3C(=O)c3c(O[C@@H]4O[C@H](CO)[C@@H](O)[C@H](O)[C@H]4O)cccc31)c1cccc(O)c1C2=O. The Morgan fingerprint density at radius 2 is 1.12 bits per heavy atom. The van der Waals surface area contributed by atoms with Crippen LogP contribution in [0.25, 0.3) is 0 Å². The lowest BCUT2D eigenvalue weighted by Crippen LogP contribution is -2.60. The smallest absolute Gasteiger partial charge is 0.335 e. The number of benzene rings is 4. The Morgan fingerprint density at radius 1 is 0.627 bits per heavy atom. The fraction of sp³-hybridized carbons (Fsp3) is 0.222. The summed E-state index contributed by atoms with van der Waals surface area (Å²) in [5.41, 5.74) is -1.98. The molecule has 51 heavy (non-hydrogen) atoms. The zero-order valence-corrected chi connectivity index (χ0v) is 26.0. The standard InChI is InChI=1S/C36H28O15/c37-11-22-29(41)32(44)33(45)36(51-22)50-21-6-2-4-15-24(17-8-13(35(48)49)10-20(40)27(17)31(43)28(15)21)23-14-3-1-5-18(38)25(14)30(42)26-16(23)7-12(34(46)47)9-19(26)39/h1-10,22-24,29,32-33,36-41,44-45H,11H2,(H,46,47)(H,48,49)/t22-,23+,24-,29-,32+,33-,36-/m1/s1. The van der Waals surface area contributed by atoms with Gasteiger partial charge in [-0.05, 0) is 58.7 Å². The van der Waals surface area contributed by atoms with Gasteiger partial charge in [-0.3, -0.25) is 9.59 Å². The van der Waals surface area contributed by atoms with Crippen LogP contribution < -0.4 is 4.74 Å². The van der Waals surface area contributed by atoms with Gasteiger partial charge < -0.3 is 55.4 Å². The highest BCUT2D eigenvalue weighted by Gasteiger charge is 2.48. The molecule has 1 aliphatic heterocycles. The van der Waals surface area contributed by atoms with Crippen LogP contribution in [0.2, 0.25) is 0 Å². The number of aromatic carboxylic acids is 2. The number of phenols is 3. The van der Waals surface area contributed by atoms with E-state index in [0.717, 1.165) is 24.3 Å². The summed E-state index contributed by atoms with van der Waals surface area (Å²) in [7, 11) is 0. The molecule has 1 fully saturated rings. The Balaban J connectivity index is 1.52. The van der Waals surface area contributed by atoms with Crippen molar-refractivity contribution in [1.29, 1.82) is 0 Å². The van der Waals surface area contributed by atoms with Crippen LogP contribution >= 0.6 is 0 Å². The molecular weight excluding hydrogens is 672 g/mol. The van der Waals surface area contributed by atoms with Crippen molar-refractivity contribution in [3.05, 3.63) is 116 Å². The first-order chi connectivity index (χ1) is 24.2. The number of aliphatic hydroxyl groups is 4. The largest absolute Gasteiger partial charge is 0.507 e. The fourth-order valence-electron chi connectivity index (χ4n) is 7.34. The summed E-state index contributed by atoms with van der Waals surface area (Å²) in [6.45, 7) is -0.775. The number of hydrogen-bond donors (Lipinski definition) is 9. The second-order valence-corrected chi connectivity index (χ2v) is 12.4. The molecule has 0 spiro atoms. The summed E-state index contributed by atoms with van der Waals surface area (Å²) in [6.07, 6.45) is -8.55. The number of carbonyl (C=O) groups excluding carboxylic acids is 2. The molecule has 15 nitrogen and oxygen atoms in total. The first kappa shape index (κ1) is 33.6. The number of aromatic hydroxyl groups is 3. The van der Waals surface area contributed by atoms with Crippen LogP contribution in [-0.2, 0) is 4.74 Å². The number of ether oxygens (including phenoxy) is 2. The van der Waals surface area contributed by atoms with Gasteiger partial charge in [-0.1, -0.05) is 24.3 Å². The van der Waals surface area contributed by atoms with Gasteiger partial charge in [0.15, 0.2) is 0 Å². The number of carbonyl (C=O) groups is 4. The third-order valence-electron chi connectivity index (χ3n) is 9.60. The Labute approximate surface area is 286 Å². The van der Waals surface area contributed by atoms with Gasteiger partial charge in [0, 0.05) is 11.8 Å². The summed E-state index contributed by atoms with van der Waals surface area (Å²) in [6, 6.07) is 12.3. The number of carboxylic acids is 2. The van der Waals surface area contributed by atoms with E-state index in [1.54, 1.807) is 0 Å². The predicted octanol–water partition coefficient (Wildman–Crippen LogP) is 1.43. The molecule has 3 aliphatic rings. The minimum absolute atomic E-state index is 0.0489. The van der Waals surface area contributed by atoms with E-state index in [1.165, 1.54) is 36.4 Å². The van der Waals surface area contributed by atoms with E-state index in [-0.39, 0.29) is 50.3 Å². The molecule has 7 atom stereocenters. The summed E-state index contributed by atoms with van der Waals surface area (Å²) in [5, 5.41) is 94.1. The Morgan fingerprint density at radius 3 is 1.65 bits per heavy atom. The predicted molar refractivity (Wildman–Crippen MR) is 170 cm³/mol. The van der Waals surface area contributed by atoms with Gasteiger partial charge in [0.2, 0.25) is 17.9 Å². The van der Waals surface area contributed by atoms with Crippen LogP contribution in [0.1, 0.15) is 86.6 Å². The molecule has 9 N–H and O–H groups in total. The van der Waals surface area contributed by atoms with Crippen molar-refractivity contribution in [2.24, 2.45) is 0 Å². The molecule has 4 aromatic rings. The van der Waals surface area contributed by atoms with E-state index in [4.69, 9.17) is 9.47 Å². The average molecular weight is 701 g/mol. The summed E-state index contributed by atoms with van der Waals surface area (Å²) >= 11 is 0. The minimum atomic E-state index is -1.88. The number of hydrogen-bond acceptors (Lipinski definition) is 13. The van der Waals surface area contributed by atoms with Gasteiger partial charge in [-0.25, -0.2) is 9.59 Å². The van der Waals surface area contributed by atoms with E-state index < -0.39 is 101 Å². The molecule has 1 saturated heterocycles. The Kier molecular flexibility index (Phi) is 8.04. The summed E-state index contributed by atoms with van der Waals surface area (Å²) in [5.74, 6) is -9.35. The molecule has 0 bridgehead atoms. The molecule has 0 amide bonds. The third-order valence-corrected chi connectivity index (χ3v) is 9.60.